The summed E-state index contributed by atoms with van der Waals surface area (Å²) in [5, 5.41) is 2.58. The van der Waals surface area contributed by atoms with Crippen LogP contribution in [0.5, 0.6) is 0 Å². The smallest absolute Gasteiger partial charge is 0.0726 e. The first kappa shape index (κ1) is 39.6. The standard InChI is InChI=1S/C67H43NS/c1-3-21-44(22-4-1)47-25-7-8-31-55(47)65-48(45-23-5-2-6-24-45)32-20-39-63(65)68(62-38-17-12-29-53(62)56-33-19-34-57-54-30-13-18-40-64(54)69-66(56)57)46-41-42-52-51-28-11-16-37-60(51)67(61(52)43-46)58-35-14-9-26-49(58)50-27-10-15-36-59(50)67/h1-43H. The molecule has 0 saturated heterocycles. The number of nitrogens with zero attached hydrogens (tertiary/aromatic N) is 1. The fraction of sp³-hybridized carbons (Fsp3) is 0.0149. The lowest BCUT2D eigenvalue weighted by molar-refractivity contribution is 0.793. The van der Waals surface area contributed by atoms with Crippen LogP contribution in [-0.2, 0) is 5.41 Å². The van der Waals surface area contributed by atoms with E-state index in [-0.39, 0.29) is 0 Å². The van der Waals surface area contributed by atoms with E-state index in [1.54, 1.807) is 0 Å². The van der Waals surface area contributed by atoms with Crippen LogP contribution in [0.1, 0.15) is 22.3 Å². The van der Waals surface area contributed by atoms with Gasteiger partial charge in [0, 0.05) is 42.6 Å². The second-order valence-corrected chi connectivity index (χ2v) is 19.3. The Labute approximate surface area is 406 Å². The number of para-hydroxylation sites is 1. The lowest BCUT2D eigenvalue weighted by atomic mass is 9.70. The Morgan fingerprint density at radius 1 is 0.290 bits per heavy atom. The van der Waals surface area contributed by atoms with Gasteiger partial charge in [-0.2, -0.15) is 0 Å². The van der Waals surface area contributed by atoms with Crippen molar-refractivity contribution >= 4 is 48.6 Å². The van der Waals surface area contributed by atoms with Gasteiger partial charge in [0.25, 0.3) is 0 Å². The molecule has 0 N–H and O–H groups in total. The Kier molecular flexibility index (Phi) is 9.05. The van der Waals surface area contributed by atoms with Crippen molar-refractivity contribution in [3.8, 4) is 66.8 Å². The first-order chi connectivity index (χ1) is 34.3. The zero-order valence-electron chi connectivity index (χ0n) is 37.7. The molecule has 0 unspecified atom stereocenters. The third-order valence-corrected chi connectivity index (χ3v) is 15.9. The molecule has 2 heteroatoms. The van der Waals surface area contributed by atoms with Crippen LogP contribution < -0.4 is 4.90 Å². The molecule has 11 aromatic carbocycles. The summed E-state index contributed by atoms with van der Waals surface area (Å²) in [6.07, 6.45) is 0. The van der Waals surface area contributed by atoms with Gasteiger partial charge in [-0.05, 0) is 103 Å². The molecule has 69 heavy (non-hydrogen) atoms. The quantitative estimate of drug-likeness (QED) is 0.154. The van der Waals surface area contributed by atoms with Crippen molar-refractivity contribution in [3.63, 3.8) is 0 Å². The maximum absolute atomic E-state index is 2.58. The van der Waals surface area contributed by atoms with Crippen molar-refractivity contribution in [2.75, 3.05) is 4.90 Å². The van der Waals surface area contributed by atoms with E-state index in [1.807, 2.05) is 11.3 Å². The Morgan fingerprint density at radius 2 is 0.754 bits per heavy atom. The number of benzene rings is 11. The van der Waals surface area contributed by atoms with E-state index < -0.39 is 5.41 Å². The molecule has 0 bridgehead atoms. The summed E-state index contributed by atoms with van der Waals surface area (Å²) in [6, 6.07) is 97.0. The number of rotatable bonds is 7. The molecule has 12 aromatic rings. The molecule has 0 amide bonds. The third kappa shape index (κ3) is 5.89. The average Bonchev–Trinajstić information content (AvgIpc) is 4.06. The summed E-state index contributed by atoms with van der Waals surface area (Å²) >= 11 is 1.88. The minimum atomic E-state index is -0.502. The fourth-order valence-electron chi connectivity index (χ4n) is 11.9. The number of anilines is 3. The van der Waals surface area contributed by atoms with Crippen LogP contribution in [0.25, 0.3) is 86.9 Å². The highest BCUT2D eigenvalue weighted by atomic mass is 32.1. The third-order valence-electron chi connectivity index (χ3n) is 14.7. The normalized spacial score (nSPS) is 12.8. The highest BCUT2D eigenvalue weighted by Gasteiger charge is 2.51. The van der Waals surface area contributed by atoms with Gasteiger partial charge in [-0.3, -0.25) is 0 Å². The van der Waals surface area contributed by atoms with E-state index in [4.69, 9.17) is 0 Å². The van der Waals surface area contributed by atoms with Crippen LogP contribution in [0.15, 0.2) is 261 Å². The molecular formula is C67H43NS. The average molecular weight is 894 g/mol. The van der Waals surface area contributed by atoms with Gasteiger partial charge >= 0.3 is 0 Å². The second-order valence-electron chi connectivity index (χ2n) is 18.2. The SMILES string of the molecule is c1ccc(-c2ccccc2-c2c(-c3ccccc3)cccc2N(c2ccc3c(c2)C2(c4ccccc4-c4ccccc42)c2ccccc2-3)c2ccccc2-c2cccc3c2sc2ccccc23)cc1. The molecule has 0 fully saturated rings. The van der Waals surface area contributed by atoms with Gasteiger partial charge < -0.3 is 4.90 Å². The van der Waals surface area contributed by atoms with Gasteiger partial charge in [-0.1, -0.05) is 231 Å². The van der Waals surface area contributed by atoms with Crippen LogP contribution in [-0.4, -0.2) is 0 Å². The van der Waals surface area contributed by atoms with Crippen LogP contribution >= 0.6 is 11.3 Å². The summed E-state index contributed by atoms with van der Waals surface area (Å²) in [5.74, 6) is 0. The van der Waals surface area contributed by atoms with Crippen molar-refractivity contribution in [2.24, 2.45) is 0 Å². The maximum Gasteiger partial charge on any atom is 0.0726 e. The van der Waals surface area contributed by atoms with Crippen molar-refractivity contribution in [3.05, 3.63) is 283 Å². The minimum Gasteiger partial charge on any atom is -0.309 e. The zero-order chi connectivity index (χ0) is 45.5. The molecule has 1 heterocycles. The molecule has 1 nitrogen and oxygen atoms in total. The van der Waals surface area contributed by atoms with Gasteiger partial charge in [0.1, 0.15) is 0 Å². The highest BCUT2D eigenvalue weighted by Crippen LogP contribution is 2.64. The van der Waals surface area contributed by atoms with Crippen molar-refractivity contribution in [1.82, 2.24) is 0 Å². The van der Waals surface area contributed by atoms with Crippen LogP contribution in [0.3, 0.4) is 0 Å². The summed E-state index contributed by atoms with van der Waals surface area (Å²) in [7, 11) is 0. The van der Waals surface area contributed by atoms with Gasteiger partial charge in [-0.15, -0.1) is 11.3 Å². The molecular weight excluding hydrogens is 851 g/mol. The van der Waals surface area contributed by atoms with Gasteiger partial charge in [0.2, 0.25) is 0 Å². The van der Waals surface area contributed by atoms with Gasteiger partial charge in [0.15, 0.2) is 0 Å². The summed E-state index contributed by atoms with van der Waals surface area (Å²) < 4.78 is 2.59. The first-order valence-corrected chi connectivity index (χ1v) is 24.7. The van der Waals surface area contributed by atoms with Gasteiger partial charge in [0.05, 0.1) is 16.8 Å². The Hall–Kier alpha value is -8.56. The molecule has 2 aliphatic carbocycles. The van der Waals surface area contributed by atoms with E-state index in [0.29, 0.717) is 0 Å². The summed E-state index contributed by atoms with van der Waals surface area (Å²) in [4.78, 5) is 2.58. The molecule has 0 aliphatic heterocycles. The predicted molar refractivity (Wildman–Crippen MR) is 292 cm³/mol. The van der Waals surface area contributed by atoms with E-state index in [1.165, 1.54) is 109 Å². The molecule has 1 spiro atoms. The van der Waals surface area contributed by atoms with Crippen LogP contribution in [0.2, 0.25) is 0 Å². The second kappa shape index (κ2) is 15.8. The molecule has 0 radical (unpaired) electrons. The number of hydrogen-bond donors (Lipinski definition) is 0. The molecule has 14 rings (SSSR count). The largest absolute Gasteiger partial charge is 0.309 e. The fourth-order valence-corrected chi connectivity index (χ4v) is 13.2. The monoisotopic (exact) mass is 893 g/mol. The van der Waals surface area contributed by atoms with Gasteiger partial charge in [-0.25, -0.2) is 0 Å². The number of fused-ring (bicyclic) bond motifs is 13. The number of thiophene rings is 1. The molecule has 322 valence electrons. The Balaban J connectivity index is 1.10. The first-order valence-electron chi connectivity index (χ1n) is 23.8. The number of hydrogen-bond acceptors (Lipinski definition) is 2. The Morgan fingerprint density at radius 3 is 1.43 bits per heavy atom. The molecule has 1 aromatic heterocycles. The highest BCUT2D eigenvalue weighted by molar-refractivity contribution is 7.26. The van der Waals surface area contributed by atoms with Crippen LogP contribution in [0, 0.1) is 0 Å². The van der Waals surface area contributed by atoms with E-state index >= 15 is 0 Å². The summed E-state index contributed by atoms with van der Waals surface area (Å²) in [6.45, 7) is 0. The maximum atomic E-state index is 2.58. The van der Waals surface area contributed by atoms with Crippen LogP contribution in [0.4, 0.5) is 17.1 Å². The molecule has 0 atom stereocenters. The zero-order valence-corrected chi connectivity index (χ0v) is 38.5. The minimum absolute atomic E-state index is 0.502. The lowest BCUT2D eigenvalue weighted by Crippen LogP contribution is -2.26. The van der Waals surface area contributed by atoms with Crippen molar-refractivity contribution in [1.29, 1.82) is 0 Å². The topological polar surface area (TPSA) is 3.24 Å². The van der Waals surface area contributed by atoms with E-state index in [2.05, 4.69) is 266 Å². The predicted octanol–water partition coefficient (Wildman–Crippen LogP) is 18.5. The Bertz CT molecular complexity index is 3910. The van der Waals surface area contributed by atoms with Crippen molar-refractivity contribution < 1.29 is 0 Å². The molecule has 0 saturated carbocycles. The summed E-state index contributed by atoms with van der Waals surface area (Å²) in [5.41, 5.74) is 22.8. The molecule has 2 aliphatic rings. The van der Waals surface area contributed by atoms with E-state index in [9.17, 15) is 0 Å². The lowest BCUT2D eigenvalue weighted by Gasteiger charge is -2.34. The van der Waals surface area contributed by atoms with E-state index in [0.717, 1.165) is 17.1 Å². The van der Waals surface area contributed by atoms with Crippen molar-refractivity contribution in [2.45, 2.75) is 5.41 Å².